The van der Waals surface area contributed by atoms with E-state index in [1.54, 1.807) is 0 Å². The molecule has 3 rings (SSSR count). The fraction of sp³-hybridized carbons (Fsp3) is 0.600. The van der Waals surface area contributed by atoms with Gasteiger partial charge in [0.05, 0.1) is 12.2 Å². The minimum absolute atomic E-state index is 0.0179. The lowest BCUT2D eigenvalue weighted by molar-refractivity contribution is -0.152. The molecule has 7 N–H and O–H groups in total. The maximum absolute atomic E-state index is 13.9. The van der Waals surface area contributed by atoms with Crippen molar-refractivity contribution in [1.82, 2.24) is 15.1 Å². The molecular weight excluding hydrogens is 485 g/mol. The van der Waals surface area contributed by atoms with Crippen LogP contribution in [0.4, 0.5) is 4.39 Å². The third kappa shape index (κ3) is 5.91. The van der Waals surface area contributed by atoms with Crippen molar-refractivity contribution < 1.29 is 33.8 Å². The van der Waals surface area contributed by atoms with Gasteiger partial charge in [-0.15, -0.1) is 0 Å². The molecular formula is C25H36FN5O6. The number of nitrogens with two attached hydrogens (primary N) is 2. The molecule has 0 radical (unpaired) electrons. The van der Waals surface area contributed by atoms with Gasteiger partial charge in [-0.1, -0.05) is 12.1 Å². The molecule has 204 valence electrons. The van der Waals surface area contributed by atoms with Crippen LogP contribution in [0.15, 0.2) is 24.3 Å². The van der Waals surface area contributed by atoms with Crippen molar-refractivity contribution in [3.63, 3.8) is 0 Å². The Morgan fingerprint density at radius 1 is 1.11 bits per heavy atom. The molecule has 11 nitrogen and oxygen atoms in total. The lowest BCUT2D eigenvalue weighted by atomic mass is 9.86. The highest BCUT2D eigenvalue weighted by Crippen LogP contribution is 2.36. The van der Waals surface area contributed by atoms with E-state index in [0.29, 0.717) is 24.8 Å². The Hall–Kier alpha value is -3.09. The normalized spacial score (nSPS) is 24.9. The average Bonchev–Trinajstić information content (AvgIpc) is 3.50. The lowest BCUT2D eigenvalue weighted by Gasteiger charge is -2.41. The second kappa shape index (κ2) is 11.5. The summed E-state index contributed by atoms with van der Waals surface area (Å²) in [6.07, 6.45) is -0.759. The first-order chi connectivity index (χ1) is 17.4. The highest BCUT2D eigenvalue weighted by molar-refractivity contribution is 5.98. The number of amides is 4. The molecule has 0 spiro atoms. The van der Waals surface area contributed by atoms with Gasteiger partial charge in [0, 0.05) is 19.5 Å². The molecule has 0 saturated carbocycles. The van der Waals surface area contributed by atoms with E-state index in [1.165, 1.54) is 47.9 Å². The SMILES string of the molecule is CC(O)C(N)C(=O)N1CCC[C@H]1C(=O)N1CCC[C@@]1(Cc1ccc(F)cc1)C(=O)NC(C(N)=O)C(C)O. The summed E-state index contributed by atoms with van der Waals surface area (Å²) in [6.45, 7) is 3.20. The molecule has 0 bridgehead atoms. The van der Waals surface area contributed by atoms with Gasteiger partial charge in [0.2, 0.25) is 23.6 Å². The molecule has 2 aliphatic rings. The summed E-state index contributed by atoms with van der Waals surface area (Å²) in [5.74, 6) is -3.08. The Bertz CT molecular complexity index is 1020. The van der Waals surface area contributed by atoms with Crippen LogP contribution in [0.1, 0.15) is 45.1 Å². The van der Waals surface area contributed by atoms with Crippen LogP contribution in [0.5, 0.6) is 0 Å². The molecule has 1 aromatic rings. The number of hydrogen-bond donors (Lipinski definition) is 5. The van der Waals surface area contributed by atoms with Crippen LogP contribution in [0.25, 0.3) is 0 Å². The van der Waals surface area contributed by atoms with Gasteiger partial charge in [-0.2, -0.15) is 0 Å². The lowest BCUT2D eigenvalue weighted by Crippen LogP contribution is -2.65. The Morgan fingerprint density at radius 2 is 1.76 bits per heavy atom. The van der Waals surface area contributed by atoms with E-state index >= 15 is 0 Å². The van der Waals surface area contributed by atoms with Crippen LogP contribution >= 0.6 is 0 Å². The van der Waals surface area contributed by atoms with E-state index in [9.17, 15) is 33.8 Å². The first kappa shape index (κ1) is 28.5. The summed E-state index contributed by atoms with van der Waals surface area (Å²) in [5, 5.41) is 22.3. The summed E-state index contributed by atoms with van der Waals surface area (Å²) < 4.78 is 13.6. The van der Waals surface area contributed by atoms with Crippen LogP contribution in [-0.2, 0) is 25.6 Å². The molecule has 4 amide bonds. The molecule has 0 aliphatic carbocycles. The molecule has 4 unspecified atom stereocenters. The standard InChI is InChI=1S/C25H36FN5O6/c1-14(32)19(27)23(36)30-11-3-5-18(30)22(35)31-12-4-10-25(31,13-16-6-8-17(26)9-7-16)24(37)29-20(15(2)33)21(28)34/h6-9,14-15,18-20,32-33H,3-5,10-13,27H2,1-2H3,(H2,28,34)(H,29,37)/t14?,15?,18-,19?,20?,25+/m0/s1. The van der Waals surface area contributed by atoms with E-state index in [1.807, 2.05) is 0 Å². The highest BCUT2D eigenvalue weighted by Gasteiger charge is 2.53. The summed E-state index contributed by atoms with van der Waals surface area (Å²) in [6, 6.07) is 2.07. The predicted octanol–water partition coefficient (Wildman–Crippen LogP) is -1.22. The molecule has 2 fully saturated rings. The van der Waals surface area contributed by atoms with Crippen molar-refractivity contribution in [1.29, 1.82) is 0 Å². The van der Waals surface area contributed by atoms with Crippen LogP contribution in [0.3, 0.4) is 0 Å². The second-order valence-electron chi connectivity index (χ2n) is 9.98. The number of rotatable bonds is 9. The van der Waals surface area contributed by atoms with Crippen molar-refractivity contribution in [3.8, 4) is 0 Å². The zero-order chi connectivity index (χ0) is 27.5. The van der Waals surface area contributed by atoms with Gasteiger partial charge in [0.15, 0.2) is 0 Å². The Kier molecular flexibility index (Phi) is 8.88. The summed E-state index contributed by atoms with van der Waals surface area (Å²) in [4.78, 5) is 55.3. The topological polar surface area (TPSA) is 179 Å². The van der Waals surface area contributed by atoms with E-state index in [4.69, 9.17) is 11.5 Å². The maximum atomic E-state index is 13.9. The largest absolute Gasteiger partial charge is 0.391 e. The number of likely N-dealkylation sites (tertiary alicyclic amines) is 2. The number of carbonyl (C=O) groups is 4. The van der Waals surface area contributed by atoms with Crippen molar-refractivity contribution >= 4 is 23.6 Å². The molecule has 0 aromatic heterocycles. The molecule has 2 saturated heterocycles. The number of hydrogen-bond acceptors (Lipinski definition) is 7. The monoisotopic (exact) mass is 521 g/mol. The van der Waals surface area contributed by atoms with Crippen LogP contribution in [0, 0.1) is 5.82 Å². The summed E-state index contributed by atoms with van der Waals surface area (Å²) in [5.41, 5.74) is 10.3. The first-order valence-electron chi connectivity index (χ1n) is 12.5. The van der Waals surface area contributed by atoms with Crippen LogP contribution in [-0.4, -0.2) is 92.6 Å². The molecule has 1 aromatic carbocycles. The van der Waals surface area contributed by atoms with Crippen molar-refractivity contribution in [2.75, 3.05) is 13.1 Å². The van der Waals surface area contributed by atoms with Gasteiger partial charge in [0.25, 0.3) is 0 Å². The minimum atomic E-state index is -1.47. The fourth-order valence-electron chi connectivity index (χ4n) is 5.21. The van der Waals surface area contributed by atoms with Gasteiger partial charge in [-0.05, 0) is 57.2 Å². The van der Waals surface area contributed by atoms with Gasteiger partial charge >= 0.3 is 0 Å². The third-order valence-corrected chi connectivity index (χ3v) is 7.29. The van der Waals surface area contributed by atoms with Gasteiger partial charge < -0.3 is 36.8 Å². The number of halogens is 1. The van der Waals surface area contributed by atoms with E-state index in [2.05, 4.69) is 5.32 Å². The fourth-order valence-corrected chi connectivity index (χ4v) is 5.21. The molecule has 6 atom stereocenters. The second-order valence-corrected chi connectivity index (χ2v) is 9.98. The number of nitrogens with one attached hydrogen (secondary N) is 1. The van der Waals surface area contributed by atoms with Crippen LogP contribution in [0.2, 0.25) is 0 Å². The number of benzene rings is 1. The number of aliphatic hydroxyl groups is 2. The smallest absolute Gasteiger partial charge is 0.247 e. The van der Waals surface area contributed by atoms with Gasteiger partial charge in [-0.3, -0.25) is 19.2 Å². The predicted molar refractivity (Wildman–Crippen MR) is 131 cm³/mol. The molecule has 37 heavy (non-hydrogen) atoms. The minimum Gasteiger partial charge on any atom is -0.391 e. The van der Waals surface area contributed by atoms with Crippen molar-refractivity contribution in [2.24, 2.45) is 11.5 Å². The summed E-state index contributed by atoms with van der Waals surface area (Å²) >= 11 is 0. The summed E-state index contributed by atoms with van der Waals surface area (Å²) in [7, 11) is 0. The van der Waals surface area contributed by atoms with Crippen LogP contribution < -0.4 is 16.8 Å². The van der Waals surface area contributed by atoms with E-state index in [-0.39, 0.29) is 25.9 Å². The number of aliphatic hydroxyl groups excluding tert-OH is 2. The number of nitrogens with zero attached hydrogens (tertiary/aromatic N) is 2. The van der Waals surface area contributed by atoms with Gasteiger partial charge in [-0.25, -0.2) is 4.39 Å². The maximum Gasteiger partial charge on any atom is 0.247 e. The Balaban J connectivity index is 1.97. The first-order valence-corrected chi connectivity index (χ1v) is 12.5. The highest BCUT2D eigenvalue weighted by atomic mass is 19.1. The quantitative estimate of drug-likeness (QED) is 0.270. The molecule has 12 heteroatoms. The molecule has 2 aliphatic heterocycles. The zero-order valence-electron chi connectivity index (χ0n) is 21.1. The van der Waals surface area contributed by atoms with Crippen molar-refractivity contribution in [2.45, 2.75) is 81.8 Å². The van der Waals surface area contributed by atoms with Crippen molar-refractivity contribution in [3.05, 3.63) is 35.6 Å². The van der Waals surface area contributed by atoms with E-state index in [0.717, 1.165) is 0 Å². The average molecular weight is 522 g/mol. The Morgan fingerprint density at radius 3 is 2.32 bits per heavy atom. The number of carbonyl (C=O) groups excluding carboxylic acids is 4. The molecule has 2 heterocycles. The van der Waals surface area contributed by atoms with Gasteiger partial charge in [0.1, 0.15) is 29.5 Å². The Labute approximate surface area is 215 Å². The zero-order valence-corrected chi connectivity index (χ0v) is 21.1. The third-order valence-electron chi connectivity index (χ3n) is 7.29. The number of primary amides is 1. The van der Waals surface area contributed by atoms with E-state index < -0.39 is 65.3 Å².